The number of carbonyl (C=O) groups excluding carboxylic acids is 1. The maximum absolute atomic E-state index is 12.1. The Hall–Kier alpha value is -1.05. The fraction of sp³-hybridized carbons (Fsp3) is 0.769. The maximum Gasteiger partial charge on any atom is 0.226 e. The van der Waals surface area contributed by atoms with Crippen LogP contribution in [0.1, 0.15) is 26.7 Å². The van der Waals surface area contributed by atoms with E-state index in [0.717, 1.165) is 12.8 Å². The summed E-state index contributed by atoms with van der Waals surface area (Å²) in [6.07, 6.45) is 7.29. The highest BCUT2D eigenvalue weighted by atomic mass is 16.8. The van der Waals surface area contributed by atoms with Gasteiger partial charge in [-0.3, -0.25) is 4.79 Å². The Morgan fingerprint density at radius 1 is 1.41 bits per heavy atom. The second kappa shape index (κ2) is 3.47. The minimum Gasteiger partial charge on any atom is -0.343 e. The van der Waals surface area contributed by atoms with Gasteiger partial charge in [-0.1, -0.05) is 5.92 Å². The Balaban J connectivity index is 1.78. The molecule has 3 atom stereocenters. The predicted octanol–water partition coefficient (Wildman–Crippen LogP) is 0.760. The Morgan fingerprint density at radius 2 is 2.12 bits per heavy atom. The Bertz CT molecular complexity index is 394. The van der Waals surface area contributed by atoms with Crippen molar-refractivity contribution in [3.05, 3.63) is 0 Å². The van der Waals surface area contributed by atoms with Gasteiger partial charge in [-0.15, -0.1) is 6.42 Å². The van der Waals surface area contributed by atoms with Crippen molar-refractivity contribution in [3.63, 3.8) is 0 Å². The van der Waals surface area contributed by atoms with Crippen LogP contribution in [0.25, 0.3) is 0 Å². The van der Waals surface area contributed by atoms with Crippen LogP contribution in [0, 0.1) is 18.3 Å². The van der Waals surface area contributed by atoms with E-state index < -0.39 is 5.79 Å². The van der Waals surface area contributed by atoms with Crippen LogP contribution in [0.5, 0.6) is 0 Å². The van der Waals surface area contributed by atoms with Gasteiger partial charge in [0.05, 0.1) is 6.54 Å². The largest absolute Gasteiger partial charge is 0.343 e. The molecule has 2 aliphatic heterocycles. The molecule has 4 nitrogen and oxygen atoms in total. The molecule has 0 spiro atoms. The van der Waals surface area contributed by atoms with E-state index in [0.29, 0.717) is 6.54 Å². The molecule has 1 aliphatic carbocycles. The molecule has 0 unspecified atom stereocenters. The standard InChI is InChI=1S/C13H17NO3/c1-4-9-11-10(16-13(2,3)17-11)7-14(9)12(15)8-5-6-8/h1,8-11H,5-7H2,2-3H3/t9-,10+,11-/m0/s1. The third-order valence-electron chi connectivity index (χ3n) is 3.63. The number of amides is 1. The Morgan fingerprint density at radius 3 is 2.71 bits per heavy atom. The van der Waals surface area contributed by atoms with E-state index in [1.807, 2.05) is 13.8 Å². The van der Waals surface area contributed by atoms with Gasteiger partial charge < -0.3 is 14.4 Å². The van der Waals surface area contributed by atoms with Crippen molar-refractivity contribution in [2.24, 2.45) is 5.92 Å². The number of ether oxygens (including phenoxy) is 2. The molecule has 0 aromatic carbocycles. The van der Waals surface area contributed by atoms with Gasteiger partial charge in [0.2, 0.25) is 5.91 Å². The summed E-state index contributed by atoms with van der Waals surface area (Å²) in [7, 11) is 0. The second-order valence-corrected chi connectivity index (χ2v) is 5.51. The quantitative estimate of drug-likeness (QED) is 0.630. The van der Waals surface area contributed by atoms with E-state index in [1.165, 1.54) is 0 Å². The van der Waals surface area contributed by atoms with Gasteiger partial charge in [-0.2, -0.15) is 0 Å². The molecule has 1 amide bonds. The fourth-order valence-corrected chi connectivity index (χ4v) is 2.73. The summed E-state index contributed by atoms with van der Waals surface area (Å²) < 4.78 is 11.6. The topological polar surface area (TPSA) is 38.8 Å². The number of hydrogen-bond acceptors (Lipinski definition) is 3. The first-order valence-electron chi connectivity index (χ1n) is 6.14. The molecule has 3 fully saturated rings. The van der Waals surface area contributed by atoms with Crippen molar-refractivity contribution in [2.75, 3.05) is 6.54 Å². The number of likely N-dealkylation sites (tertiary alicyclic amines) is 1. The molecule has 2 heterocycles. The third-order valence-corrected chi connectivity index (χ3v) is 3.63. The zero-order valence-corrected chi connectivity index (χ0v) is 10.2. The third kappa shape index (κ3) is 1.74. The summed E-state index contributed by atoms with van der Waals surface area (Å²) in [5.41, 5.74) is 0. The minimum atomic E-state index is -0.584. The lowest BCUT2D eigenvalue weighted by Crippen LogP contribution is -2.41. The lowest BCUT2D eigenvalue weighted by atomic mass is 10.1. The van der Waals surface area contributed by atoms with Gasteiger partial charge in [0.25, 0.3) is 0 Å². The van der Waals surface area contributed by atoms with Crippen molar-refractivity contribution in [2.45, 2.75) is 50.7 Å². The van der Waals surface area contributed by atoms with Crippen molar-refractivity contribution in [3.8, 4) is 12.3 Å². The molecule has 4 heteroatoms. The van der Waals surface area contributed by atoms with Crippen LogP contribution in [0.3, 0.4) is 0 Å². The summed E-state index contributed by atoms with van der Waals surface area (Å²) in [6, 6.07) is -0.269. The molecule has 17 heavy (non-hydrogen) atoms. The first-order valence-corrected chi connectivity index (χ1v) is 6.14. The summed E-state index contributed by atoms with van der Waals surface area (Å²) in [5, 5.41) is 0. The van der Waals surface area contributed by atoms with Crippen LogP contribution in [0.2, 0.25) is 0 Å². The number of carbonyl (C=O) groups is 1. The molecule has 0 aromatic rings. The average molecular weight is 235 g/mol. The van der Waals surface area contributed by atoms with Crippen LogP contribution in [0.15, 0.2) is 0 Å². The molecule has 1 saturated carbocycles. The van der Waals surface area contributed by atoms with Crippen molar-refractivity contribution < 1.29 is 14.3 Å². The van der Waals surface area contributed by atoms with Gasteiger partial charge in [0.15, 0.2) is 5.79 Å². The van der Waals surface area contributed by atoms with Gasteiger partial charge in [-0.05, 0) is 26.7 Å². The molecular weight excluding hydrogens is 218 g/mol. The predicted molar refractivity (Wildman–Crippen MR) is 60.9 cm³/mol. The number of hydrogen-bond donors (Lipinski definition) is 0. The Labute approximate surface area is 101 Å². The molecule has 3 aliphatic rings. The van der Waals surface area contributed by atoms with Crippen molar-refractivity contribution in [1.82, 2.24) is 4.90 Å². The zero-order chi connectivity index (χ0) is 12.2. The van der Waals surface area contributed by atoms with Gasteiger partial charge in [0, 0.05) is 5.92 Å². The molecule has 2 saturated heterocycles. The molecular formula is C13H17NO3. The van der Waals surface area contributed by atoms with E-state index >= 15 is 0 Å². The molecule has 3 rings (SSSR count). The Kier molecular flexibility index (Phi) is 2.26. The fourth-order valence-electron chi connectivity index (χ4n) is 2.73. The summed E-state index contributed by atoms with van der Waals surface area (Å²) in [4.78, 5) is 13.9. The first kappa shape index (κ1) is 11.1. The SMILES string of the molecule is C#C[C@H]1[C@@H]2OC(C)(C)O[C@@H]2CN1C(=O)C1CC1. The lowest BCUT2D eigenvalue weighted by molar-refractivity contribution is -0.164. The highest BCUT2D eigenvalue weighted by Crippen LogP contribution is 2.39. The van der Waals surface area contributed by atoms with Crippen LogP contribution in [-0.4, -0.2) is 41.4 Å². The summed E-state index contributed by atoms with van der Waals surface area (Å²) in [5.74, 6) is 2.47. The van der Waals surface area contributed by atoms with E-state index in [1.54, 1.807) is 4.90 Å². The van der Waals surface area contributed by atoms with Crippen molar-refractivity contribution >= 4 is 5.91 Å². The normalized spacial score (nSPS) is 38.9. The zero-order valence-electron chi connectivity index (χ0n) is 10.2. The van der Waals surface area contributed by atoms with E-state index in [9.17, 15) is 4.79 Å². The maximum atomic E-state index is 12.1. The molecule has 0 aromatic heterocycles. The van der Waals surface area contributed by atoms with E-state index in [4.69, 9.17) is 15.9 Å². The number of rotatable bonds is 1. The molecule has 0 N–H and O–H groups in total. The second-order valence-electron chi connectivity index (χ2n) is 5.51. The van der Waals surface area contributed by atoms with Crippen molar-refractivity contribution in [1.29, 1.82) is 0 Å². The highest BCUT2D eigenvalue weighted by Gasteiger charge is 2.54. The smallest absolute Gasteiger partial charge is 0.226 e. The molecule has 92 valence electrons. The van der Waals surface area contributed by atoms with Crippen LogP contribution in [-0.2, 0) is 14.3 Å². The lowest BCUT2D eigenvalue weighted by Gasteiger charge is -2.26. The van der Waals surface area contributed by atoms with Gasteiger partial charge >= 0.3 is 0 Å². The highest BCUT2D eigenvalue weighted by molar-refractivity contribution is 5.82. The molecule has 0 bridgehead atoms. The number of nitrogens with zero attached hydrogens (tertiary/aromatic N) is 1. The number of terminal acetylenes is 1. The minimum absolute atomic E-state index is 0.0752. The van der Waals surface area contributed by atoms with Gasteiger partial charge in [-0.25, -0.2) is 0 Å². The average Bonchev–Trinajstić information content (AvgIpc) is 2.97. The van der Waals surface area contributed by atoms with E-state index in [2.05, 4.69) is 5.92 Å². The first-order chi connectivity index (χ1) is 8.02. The summed E-state index contributed by atoms with van der Waals surface area (Å²) >= 11 is 0. The van der Waals surface area contributed by atoms with Crippen LogP contribution >= 0.6 is 0 Å². The number of fused-ring (bicyclic) bond motifs is 1. The molecule has 0 radical (unpaired) electrons. The summed E-state index contributed by atoms with van der Waals surface area (Å²) in [6.45, 7) is 4.33. The van der Waals surface area contributed by atoms with Crippen LogP contribution < -0.4 is 0 Å². The van der Waals surface area contributed by atoms with E-state index in [-0.39, 0.29) is 30.1 Å². The van der Waals surface area contributed by atoms with Crippen LogP contribution in [0.4, 0.5) is 0 Å². The van der Waals surface area contributed by atoms with Gasteiger partial charge in [0.1, 0.15) is 18.2 Å². The monoisotopic (exact) mass is 235 g/mol.